The number of benzene rings is 1. The number of piperidine rings is 1. The standard InChI is InChI=1S/C23H29N5O/c1-16(2)14-21-26-20-8-5-11-24-22(20)28(21)19-9-12-27(13-10-19)23(29)25-18-7-4-6-17(3)15-18/h4-8,11,15-16,19H,9-10,12-14H2,1-3H3,(H,25,29). The molecule has 0 radical (unpaired) electrons. The van der Waals surface area contributed by atoms with E-state index < -0.39 is 0 Å². The maximum absolute atomic E-state index is 12.7. The number of nitrogens with zero attached hydrogens (tertiary/aromatic N) is 4. The Morgan fingerprint density at radius 2 is 2.00 bits per heavy atom. The van der Waals surface area contributed by atoms with Gasteiger partial charge in [-0.05, 0) is 55.5 Å². The van der Waals surface area contributed by atoms with E-state index in [2.05, 4.69) is 28.7 Å². The van der Waals surface area contributed by atoms with E-state index in [9.17, 15) is 4.79 Å². The van der Waals surface area contributed by atoms with Crippen molar-refractivity contribution in [2.24, 2.45) is 5.92 Å². The van der Waals surface area contributed by atoms with Gasteiger partial charge in [0.25, 0.3) is 0 Å². The van der Waals surface area contributed by atoms with Crippen LogP contribution in [0.25, 0.3) is 11.2 Å². The number of nitrogens with one attached hydrogen (secondary N) is 1. The molecule has 0 spiro atoms. The molecule has 152 valence electrons. The molecule has 1 aliphatic rings. The number of amides is 2. The number of hydrogen-bond acceptors (Lipinski definition) is 3. The van der Waals surface area contributed by atoms with Crippen LogP contribution >= 0.6 is 0 Å². The quantitative estimate of drug-likeness (QED) is 0.694. The van der Waals surface area contributed by atoms with Crippen LogP contribution in [0.2, 0.25) is 0 Å². The number of hydrogen-bond donors (Lipinski definition) is 1. The van der Waals surface area contributed by atoms with Crippen LogP contribution < -0.4 is 5.32 Å². The Kier molecular flexibility index (Phi) is 5.51. The topological polar surface area (TPSA) is 63.1 Å². The van der Waals surface area contributed by atoms with Gasteiger partial charge in [-0.25, -0.2) is 14.8 Å². The average Bonchev–Trinajstić information content (AvgIpc) is 3.05. The third kappa shape index (κ3) is 4.26. The van der Waals surface area contributed by atoms with Crippen molar-refractivity contribution in [1.82, 2.24) is 19.4 Å². The fraction of sp³-hybridized carbons (Fsp3) is 0.435. The summed E-state index contributed by atoms with van der Waals surface area (Å²) in [4.78, 5) is 24.1. The fourth-order valence-corrected chi connectivity index (χ4v) is 4.12. The number of likely N-dealkylation sites (tertiary alicyclic amines) is 1. The van der Waals surface area contributed by atoms with Crippen molar-refractivity contribution in [2.45, 2.75) is 46.1 Å². The molecule has 3 heterocycles. The maximum atomic E-state index is 12.7. The summed E-state index contributed by atoms with van der Waals surface area (Å²) in [5, 5.41) is 3.02. The molecule has 4 rings (SSSR count). The summed E-state index contributed by atoms with van der Waals surface area (Å²) in [6.45, 7) is 7.93. The van der Waals surface area contributed by atoms with Crippen LogP contribution in [0.4, 0.5) is 10.5 Å². The summed E-state index contributed by atoms with van der Waals surface area (Å²) in [5.74, 6) is 1.64. The van der Waals surface area contributed by atoms with E-state index in [0.29, 0.717) is 12.0 Å². The van der Waals surface area contributed by atoms with Gasteiger partial charge in [0, 0.05) is 37.4 Å². The summed E-state index contributed by atoms with van der Waals surface area (Å²) in [6.07, 6.45) is 4.59. The van der Waals surface area contributed by atoms with Crippen LogP contribution in [0, 0.1) is 12.8 Å². The third-order valence-electron chi connectivity index (χ3n) is 5.50. The molecule has 1 aromatic carbocycles. The van der Waals surface area contributed by atoms with Crippen LogP contribution in [0.15, 0.2) is 42.6 Å². The summed E-state index contributed by atoms with van der Waals surface area (Å²) in [6, 6.07) is 12.2. The van der Waals surface area contributed by atoms with E-state index >= 15 is 0 Å². The molecule has 1 saturated heterocycles. The van der Waals surface area contributed by atoms with E-state index in [1.54, 1.807) is 0 Å². The van der Waals surface area contributed by atoms with E-state index in [0.717, 1.165) is 60.6 Å². The van der Waals surface area contributed by atoms with Gasteiger partial charge in [-0.3, -0.25) is 0 Å². The van der Waals surface area contributed by atoms with E-state index in [1.165, 1.54) is 0 Å². The van der Waals surface area contributed by atoms with Gasteiger partial charge in [0.1, 0.15) is 11.3 Å². The summed E-state index contributed by atoms with van der Waals surface area (Å²) in [5.41, 5.74) is 3.91. The molecular formula is C23H29N5O. The molecule has 1 N–H and O–H groups in total. The Hall–Kier alpha value is -2.89. The summed E-state index contributed by atoms with van der Waals surface area (Å²) < 4.78 is 2.32. The number of imidazole rings is 1. The molecule has 0 bridgehead atoms. The molecule has 1 aliphatic heterocycles. The summed E-state index contributed by atoms with van der Waals surface area (Å²) in [7, 11) is 0. The van der Waals surface area contributed by atoms with Gasteiger partial charge in [-0.15, -0.1) is 0 Å². The van der Waals surface area contributed by atoms with Gasteiger partial charge >= 0.3 is 6.03 Å². The minimum absolute atomic E-state index is 0.0231. The lowest BCUT2D eigenvalue weighted by Gasteiger charge is -2.33. The molecule has 1 fully saturated rings. The second kappa shape index (κ2) is 8.23. The average molecular weight is 392 g/mol. The van der Waals surface area contributed by atoms with Crippen molar-refractivity contribution < 1.29 is 4.79 Å². The van der Waals surface area contributed by atoms with Crippen molar-refractivity contribution in [3.05, 3.63) is 54.0 Å². The number of urea groups is 1. The zero-order chi connectivity index (χ0) is 20.4. The second-order valence-electron chi connectivity index (χ2n) is 8.36. The number of rotatable bonds is 4. The number of fused-ring (bicyclic) bond motifs is 1. The van der Waals surface area contributed by atoms with Gasteiger partial charge in [-0.2, -0.15) is 0 Å². The van der Waals surface area contributed by atoms with Gasteiger partial charge in [-0.1, -0.05) is 26.0 Å². The number of pyridine rings is 1. The number of aryl methyl sites for hydroxylation is 1. The van der Waals surface area contributed by atoms with E-state index in [4.69, 9.17) is 4.98 Å². The van der Waals surface area contributed by atoms with Gasteiger partial charge < -0.3 is 14.8 Å². The Morgan fingerprint density at radius 1 is 1.21 bits per heavy atom. The highest BCUT2D eigenvalue weighted by atomic mass is 16.2. The molecule has 29 heavy (non-hydrogen) atoms. The molecule has 2 aromatic heterocycles. The lowest BCUT2D eigenvalue weighted by molar-refractivity contribution is 0.183. The molecule has 0 aliphatic carbocycles. The normalized spacial score (nSPS) is 15.2. The molecule has 0 unspecified atom stereocenters. The van der Waals surface area contributed by atoms with Gasteiger partial charge in [0.05, 0.1) is 0 Å². The van der Waals surface area contributed by atoms with Crippen molar-refractivity contribution in [2.75, 3.05) is 18.4 Å². The molecule has 0 saturated carbocycles. The van der Waals surface area contributed by atoms with Crippen molar-refractivity contribution in [3.8, 4) is 0 Å². The predicted octanol–water partition coefficient (Wildman–Crippen LogP) is 4.81. The van der Waals surface area contributed by atoms with Crippen molar-refractivity contribution >= 4 is 22.9 Å². The number of carbonyl (C=O) groups is 1. The minimum Gasteiger partial charge on any atom is -0.324 e. The lowest BCUT2D eigenvalue weighted by Crippen LogP contribution is -2.41. The summed E-state index contributed by atoms with van der Waals surface area (Å²) >= 11 is 0. The first-order valence-corrected chi connectivity index (χ1v) is 10.5. The van der Waals surface area contributed by atoms with Crippen LogP contribution in [-0.4, -0.2) is 38.6 Å². The van der Waals surface area contributed by atoms with Crippen LogP contribution in [0.5, 0.6) is 0 Å². The Morgan fingerprint density at radius 3 is 2.72 bits per heavy atom. The Balaban J connectivity index is 1.47. The van der Waals surface area contributed by atoms with Crippen LogP contribution in [-0.2, 0) is 6.42 Å². The fourth-order valence-electron chi connectivity index (χ4n) is 4.12. The third-order valence-corrected chi connectivity index (χ3v) is 5.50. The van der Waals surface area contributed by atoms with Crippen molar-refractivity contribution in [3.63, 3.8) is 0 Å². The first kappa shape index (κ1) is 19.4. The van der Waals surface area contributed by atoms with Crippen LogP contribution in [0.3, 0.4) is 0 Å². The predicted molar refractivity (Wildman–Crippen MR) is 116 cm³/mol. The first-order valence-electron chi connectivity index (χ1n) is 10.5. The largest absolute Gasteiger partial charge is 0.324 e. The van der Waals surface area contributed by atoms with E-state index in [-0.39, 0.29) is 6.03 Å². The molecule has 6 nitrogen and oxygen atoms in total. The Bertz CT molecular complexity index is 1000. The van der Waals surface area contributed by atoms with Crippen molar-refractivity contribution in [1.29, 1.82) is 0 Å². The SMILES string of the molecule is Cc1cccc(NC(=O)N2CCC(n3c(CC(C)C)nc4cccnc43)CC2)c1. The highest BCUT2D eigenvalue weighted by molar-refractivity contribution is 5.89. The number of aromatic nitrogens is 3. The smallest absolute Gasteiger partial charge is 0.321 e. The lowest BCUT2D eigenvalue weighted by atomic mass is 10.0. The van der Waals surface area contributed by atoms with Gasteiger partial charge in [0.15, 0.2) is 5.65 Å². The minimum atomic E-state index is -0.0231. The zero-order valence-corrected chi connectivity index (χ0v) is 17.4. The zero-order valence-electron chi connectivity index (χ0n) is 17.4. The molecule has 2 amide bonds. The Labute approximate surface area is 172 Å². The van der Waals surface area contributed by atoms with Gasteiger partial charge in [0.2, 0.25) is 0 Å². The highest BCUT2D eigenvalue weighted by Crippen LogP contribution is 2.29. The second-order valence-corrected chi connectivity index (χ2v) is 8.36. The highest BCUT2D eigenvalue weighted by Gasteiger charge is 2.27. The molecule has 6 heteroatoms. The maximum Gasteiger partial charge on any atom is 0.321 e. The monoisotopic (exact) mass is 391 g/mol. The first-order chi connectivity index (χ1) is 14.0. The molecule has 0 atom stereocenters. The van der Waals surface area contributed by atoms with Crippen LogP contribution in [0.1, 0.15) is 44.1 Å². The number of anilines is 1. The van der Waals surface area contributed by atoms with E-state index in [1.807, 2.05) is 54.4 Å². The number of carbonyl (C=O) groups excluding carboxylic acids is 1. The molecule has 3 aromatic rings. The molecular weight excluding hydrogens is 362 g/mol.